The Morgan fingerprint density at radius 2 is 1.52 bits per heavy atom. The third-order valence-corrected chi connectivity index (χ3v) is 5.62. The SMILES string of the molecule is CCCCCCCC(C)(CCCC)n1nc(C)c(C)c1Br. The number of nitrogens with zero attached hydrogens (tertiary/aromatic N) is 2. The summed E-state index contributed by atoms with van der Waals surface area (Å²) >= 11 is 3.76. The van der Waals surface area contributed by atoms with Crippen LogP contribution in [0.1, 0.15) is 89.8 Å². The van der Waals surface area contributed by atoms with Crippen molar-refractivity contribution >= 4 is 15.9 Å². The Morgan fingerprint density at radius 3 is 2.05 bits per heavy atom. The van der Waals surface area contributed by atoms with Gasteiger partial charge in [-0.1, -0.05) is 58.8 Å². The maximum atomic E-state index is 4.82. The summed E-state index contributed by atoms with van der Waals surface area (Å²) in [6.07, 6.45) is 11.7. The van der Waals surface area contributed by atoms with Crippen molar-refractivity contribution in [2.45, 2.75) is 97.9 Å². The molecule has 0 aromatic carbocycles. The zero-order valence-corrected chi connectivity index (χ0v) is 16.2. The van der Waals surface area contributed by atoms with E-state index in [0.29, 0.717) is 0 Å². The van der Waals surface area contributed by atoms with Crippen LogP contribution < -0.4 is 0 Å². The molecule has 122 valence electrons. The minimum absolute atomic E-state index is 0.153. The monoisotopic (exact) mass is 356 g/mol. The van der Waals surface area contributed by atoms with Crippen LogP contribution in [0.2, 0.25) is 0 Å². The second-order valence-corrected chi connectivity index (χ2v) is 7.43. The Bertz CT molecular complexity index is 425. The molecule has 0 aliphatic rings. The number of unbranched alkanes of at least 4 members (excludes halogenated alkanes) is 5. The zero-order valence-electron chi connectivity index (χ0n) is 14.6. The topological polar surface area (TPSA) is 17.8 Å². The van der Waals surface area contributed by atoms with E-state index < -0.39 is 0 Å². The highest BCUT2D eigenvalue weighted by atomic mass is 79.9. The predicted octanol–water partition coefficient (Wildman–Crippen LogP) is 6.53. The lowest BCUT2D eigenvalue weighted by Crippen LogP contribution is -2.31. The van der Waals surface area contributed by atoms with E-state index in [0.717, 1.165) is 5.69 Å². The summed E-state index contributed by atoms with van der Waals surface area (Å²) in [6, 6.07) is 0. The van der Waals surface area contributed by atoms with Gasteiger partial charge in [0.25, 0.3) is 0 Å². The molecule has 0 saturated heterocycles. The maximum absolute atomic E-state index is 4.82. The van der Waals surface area contributed by atoms with Gasteiger partial charge in [0, 0.05) is 5.56 Å². The molecule has 1 unspecified atom stereocenters. The maximum Gasteiger partial charge on any atom is 0.107 e. The first-order valence-electron chi connectivity index (χ1n) is 8.68. The average molecular weight is 357 g/mol. The van der Waals surface area contributed by atoms with E-state index in [2.05, 4.69) is 55.2 Å². The van der Waals surface area contributed by atoms with Gasteiger partial charge in [0.2, 0.25) is 0 Å². The molecule has 1 heterocycles. The van der Waals surface area contributed by atoms with Gasteiger partial charge < -0.3 is 0 Å². The van der Waals surface area contributed by atoms with Crippen LogP contribution in [0.3, 0.4) is 0 Å². The fourth-order valence-electron chi connectivity index (χ4n) is 2.94. The summed E-state index contributed by atoms with van der Waals surface area (Å²) in [5.41, 5.74) is 2.58. The number of aromatic nitrogens is 2. The third-order valence-electron chi connectivity index (χ3n) is 4.69. The van der Waals surface area contributed by atoms with Crippen LogP contribution in [0.5, 0.6) is 0 Å². The normalized spacial score (nSPS) is 14.4. The Labute approximate surface area is 139 Å². The number of hydrogen-bond acceptors (Lipinski definition) is 1. The smallest absolute Gasteiger partial charge is 0.107 e. The van der Waals surface area contributed by atoms with Gasteiger partial charge in [-0.15, -0.1) is 0 Å². The summed E-state index contributed by atoms with van der Waals surface area (Å²) in [4.78, 5) is 0. The van der Waals surface area contributed by atoms with Crippen LogP contribution in [-0.2, 0) is 5.54 Å². The van der Waals surface area contributed by atoms with E-state index >= 15 is 0 Å². The first-order valence-corrected chi connectivity index (χ1v) is 9.47. The molecule has 0 radical (unpaired) electrons. The highest BCUT2D eigenvalue weighted by Gasteiger charge is 2.29. The van der Waals surface area contributed by atoms with Crippen molar-refractivity contribution in [1.29, 1.82) is 0 Å². The van der Waals surface area contributed by atoms with E-state index in [1.807, 2.05) is 0 Å². The van der Waals surface area contributed by atoms with Gasteiger partial charge in [0.1, 0.15) is 4.60 Å². The molecule has 0 fully saturated rings. The van der Waals surface area contributed by atoms with Crippen molar-refractivity contribution in [3.05, 3.63) is 15.9 Å². The van der Waals surface area contributed by atoms with Gasteiger partial charge in [-0.25, -0.2) is 0 Å². The van der Waals surface area contributed by atoms with E-state index in [-0.39, 0.29) is 5.54 Å². The molecule has 0 spiro atoms. The molecule has 0 amide bonds. The lowest BCUT2D eigenvalue weighted by Gasteiger charge is -2.31. The molecule has 1 atom stereocenters. The summed E-state index contributed by atoms with van der Waals surface area (Å²) in [5.74, 6) is 0. The summed E-state index contributed by atoms with van der Waals surface area (Å²) in [6.45, 7) is 11.2. The van der Waals surface area contributed by atoms with E-state index in [1.165, 1.54) is 68.0 Å². The molecule has 1 rings (SSSR count). The molecule has 0 N–H and O–H groups in total. The highest BCUT2D eigenvalue weighted by molar-refractivity contribution is 9.10. The van der Waals surface area contributed by atoms with Crippen LogP contribution in [-0.4, -0.2) is 9.78 Å². The highest BCUT2D eigenvalue weighted by Crippen LogP contribution is 2.34. The molecular weight excluding hydrogens is 324 g/mol. The molecular formula is C18H33BrN2. The van der Waals surface area contributed by atoms with Gasteiger partial charge in [0.15, 0.2) is 0 Å². The number of rotatable bonds is 10. The van der Waals surface area contributed by atoms with E-state index in [4.69, 9.17) is 5.10 Å². The number of hydrogen-bond donors (Lipinski definition) is 0. The molecule has 3 heteroatoms. The molecule has 0 aliphatic heterocycles. The molecule has 2 nitrogen and oxygen atoms in total. The minimum Gasteiger partial charge on any atom is -0.252 e. The van der Waals surface area contributed by atoms with Gasteiger partial charge >= 0.3 is 0 Å². The van der Waals surface area contributed by atoms with Crippen LogP contribution in [0.25, 0.3) is 0 Å². The predicted molar refractivity (Wildman–Crippen MR) is 96.0 cm³/mol. The van der Waals surface area contributed by atoms with Gasteiger partial charge in [-0.3, -0.25) is 4.68 Å². The van der Waals surface area contributed by atoms with Crippen molar-refractivity contribution in [1.82, 2.24) is 9.78 Å². The summed E-state index contributed by atoms with van der Waals surface area (Å²) in [7, 11) is 0. The van der Waals surface area contributed by atoms with Crippen LogP contribution in [0.4, 0.5) is 0 Å². The van der Waals surface area contributed by atoms with Gasteiger partial charge in [-0.2, -0.15) is 5.10 Å². The summed E-state index contributed by atoms with van der Waals surface area (Å²) < 4.78 is 3.43. The van der Waals surface area contributed by atoms with Crippen molar-refractivity contribution in [3.8, 4) is 0 Å². The Hall–Kier alpha value is -0.310. The van der Waals surface area contributed by atoms with Crippen LogP contribution in [0, 0.1) is 13.8 Å². The lowest BCUT2D eigenvalue weighted by molar-refractivity contribution is 0.224. The average Bonchev–Trinajstić information content (AvgIpc) is 2.73. The van der Waals surface area contributed by atoms with Gasteiger partial charge in [-0.05, 0) is 49.5 Å². The third kappa shape index (κ3) is 5.12. The van der Waals surface area contributed by atoms with E-state index in [9.17, 15) is 0 Å². The lowest BCUT2D eigenvalue weighted by atomic mass is 9.88. The number of aryl methyl sites for hydroxylation is 1. The minimum atomic E-state index is 0.153. The van der Waals surface area contributed by atoms with E-state index in [1.54, 1.807) is 0 Å². The quantitative estimate of drug-likeness (QED) is 0.435. The molecule has 1 aromatic heterocycles. The van der Waals surface area contributed by atoms with Gasteiger partial charge in [0.05, 0.1) is 11.2 Å². The first-order chi connectivity index (χ1) is 9.96. The second-order valence-electron chi connectivity index (χ2n) is 6.68. The first kappa shape index (κ1) is 18.7. The molecule has 0 aliphatic carbocycles. The van der Waals surface area contributed by atoms with Crippen LogP contribution >= 0.6 is 15.9 Å². The molecule has 1 aromatic rings. The Kier molecular flexibility index (Phi) is 8.00. The molecule has 0 saturated carbocycles. The standard InChI is InChI=1S/C18H33BrN2/c1-6-8-10-11-12-14-18(5,13-9-7-2)21-17(19)15(3)16(4)20-21/h6-14H2,1-5H3. The fraction of sp³-hybridized carbons (Fsp3) is 0.833. The molecule has 21 heavy (non-hydrogen) atoms. The van der Waals surface area contributed by atoms with Crippen LogP contribution in [0.15, 0.2) is 4.60 Å². The number of halogens is 1. The van der Waals surface area contributed by atoms with Crippen molar-refractivity contribution in [3.63, 3.8) is 0 Å². The summed E-state index contributed by atoms with van der Waals surface area (Å²) in [5, 5.41) is 4.82. The fourth-order valence-corrected chi connectivity index (χ4v) is 3.73. The van der Waals surface area contributed by atoms with Crippen molar-refractivity contribution in [2.75, 3.05) is 0 Å². The molecule has 0 bridgehead atoms. The Balaban J connectivity index is 2.79. The van der Waals surface area contributed by atoms with Crippen molar-refractivity contribution in [2.24, 2.45) is 0 Å². The second kappa shape index (κ2) is 8.97. The Morgan fingerprint density at radius 1 is 0.952 bits per heavy atom. The zero-order chi connectivity index (χ0) is 15.9. The van der Waals surface area contributed by atoms with Crippen molar-refractivity contribution < 1.29 is 0 Å². The largest absolute Gasteiger partial charge is 0.252 e.